The van der Waals surface area contributed by atoms with E-state index >= 15 is 0 Å². The van der Waals surface area contributed by atoms with E-state index in [0.717, 1.165) is 5.56 Å². The fraction of sp³-hybridized carbons (Fsp3) is 0.0800. The van der Waals surface area contributed by atoms with Crippen LogP contribution in [0.4, 0.5) is 5.69 Å². The molecule has 2 heterocycles. The first kappa shape index (κ1) is 23.3. The maximum absolute atomic E-state index is 12.7. The number of para-hydroxylation sites is 2. The van der Waals surface area contributed by atoms with E-state index in [0.29, 0.717) is 51.8 Å². The number of carbonyl (C=O) groups is 1. The van der Waals surface area contributed by atoms with Gasteiger partial charge in [-0.25, -0.2) is 18.5 Å². The Hall–Kier alpha value is -4.48. The first-order valence-electron chi connectivity index (χ1n) is 11.0. The Morgan fingerprint density at radius 2 is 1.72 bits per heavy atom. The number of sulfonamides is 1. The number of H-pyrrole nitrogens is 2. The number of amides is 1. The van der Waals surface area contributed by atoms with Crippen molar-refractivity contribution >= 4 is 43.6 Å². The molecule has 0 aliphatic carbocycles. The number of benzene rings is 3. The predicted molar refractivity (Wildman–Crippen MR) is 138 cm³/mol. The molecule has 1 amide bonds. The lowest BCUT2D eigenvalue weighted by molar-refractivity contribution is 0.0954. The van der Waals surface area contributed by atoms with Crippen LogP contribution in [0, 0.1) is 0 Å². The smallest absolute Gasteiger partial charge is 0.276 e. The number of hydrogen-bond acceptors (Lipinski definition) is 6. The lowest BCUT2D eigenvalue weighted by Gasteiger charge is -2.07. The van der Waals surface area contributed by atoms with Crippen LogP contribution in [0.25, 0.3) is 33.3 Å². The van der Waals surface area contributed by atoms with E-state index in [2.05, 4.69) is 20.3 Å². The maximum Gasteiger partial charge on any atom is 0.276 e. The monoisotopic (exact) mass is 502 g/mol. The van der Waals surface area contributed by atoms with Crippen LogP contribution in [-0.2, 0) is 16.4 Å². The second-order valence-corrected chi connectivity index (χ2v) is 9.86. The fourth-order valence-electron chi connectivity index (χ4n) is 4.01. The molecule has 5 rings (SSSR count). The third-order valence-corrected chi connectivity index (χ3v) is 6.82. The summed E-state index contributed by atoms with van der Waals surface area (Å²) in [6, 6.07) is 18.4. The van der Waals surface area contributed by atoms with E-state index in [9.17, 15) is 18.0 Å². The average molecular weight is 503 g/mol. The highest BCUT2D eigenvalue weighted by Crippen LogP contribution is 2.31. The molecule has 7 N–H and O–H groups in total. The quantitative estimate of drug-likeness (QED) is 0.238. The van der Waals surface area contributed by atoms with Gasteiger partial charge in [-0.15, -0.1) is 0 Å². The molecule has 0 radical (unpaired) electrons. The maximum atomic E-state index is 12.7. The lowest BCUT2D eigenvalue weighted by atomic mass is 10.1. The summed E-state index contributed by atoms with van der Waals surface area (Å²) in [6.45, 7) is 0.343. The molecule has 36 heavy (non-hydrogen) atoms. The third-order valence-electron chi connectivity index (χ3n) is 5.89. The molecule has 2 aromatic heterocycles. The van der Waals surface area contributed by atoms with Crippen molar-refractivity contribution in [2.45, 2.75) is 11.3 Å². The Bertz CT molecular complexity index is 1790. The second kappa shape index (κ2) is 8.95. The molecule has 11 heteroatoms. The summed E-state index contributed by atoms with van der Waals surface area (Å²) in [7, 11) is -3.74. The summed E-state index contributed by atoms with van der Waals surface area (Å²) >= 11 is 0. The Labute approximate surface area is 205 Å². The van der Waals surface area contributed by atoms with Gasteiger partial charge in [0.25, 0.3) is 11.5 Å². The Balaban J connectivity index is 1.34. The van der Waals surface area contributed by atoms with Crippen LogP contribution in [0.2, 0.25) is 0 Å². The number of hydrogen-bond donors (Lipinski definition) is 5. The van der Waals surface area contributed by atoms with Crippen molar-refractivity contribution in [3.05, 3.63) is 88.2 Å². The molecule has 182 valence electrons. The average Bonchev–Trinajstić information content (AvgIpc) is 3.18. The number of nitrogens with zero attached hydrogens (tertiary/aromatic N) is 1. The predicted octanol–water partition coefficient (Wildman–Crippen LogP) is 2.27. The molecular formula is C25H22N6O4S. The minimum Gasteiger partial charge on any atom is -0.396 e. The minimum atomic E-state index is -3.74. The standard InChI is InChI=1S/C25H22N6O4S/c26-21-17-13-15(24(32)28-12-11-14-5-8-16(9-6-14)36(27,34)35)7-10-18(17)29-22(21)23-25(33)31-20-4-2-1-3-19(20)30-23/h1-10,13,29H,11-12,26H2,(H,28,32)(H,31,33)(H2,27,34,35). The van der Waals surface area contributed by atoms with Crippen molar-refractivity contribution in [3.63, 3.8) is 0 Å². The lowest BCUT2D eigenvalue weighted by Crippen LogP contribution is -2.25. The van der Waals surface area contributed by atoms with Crippen LogP contribution in [0.1, 0.15) is 15.9 Å². The van der Waals surface area contributed by atoms with Gasteiger partial charge in [-0.1, -0.05) is 24.3 Å². The fourth-order valence-corrected chi connectivity index (χ4v) is 4.52. The summed E-state index contributed by atoms with van der Waals surface area (Å²) in [5, 5.41) is 8.56. The highest BCUT2D eigenvalue weighted by molar-refractivity contribution is 7.89. The number of carbonyl (C=O) groups excluding carboxylic acids is 1. The molecule has 0 aliphatic heterocycles. The highest BCUT2D eigenvalue weighted by atomic mass is 32.2. The molecule has 0 fully saturated rings. The van der Waals surface area contributed by atoms with Crippen LogP contribution >= 0.6 is 0 Å². The first-order valence-corrected chi connectivity index (χ1v) is 12.6. The van der Waals surface area contributed by atoms with Crippen LogP contribution in [0.3, 0.4) is 0 Å². The zero-order chi connectivity index (χ0) is 25.4. The zero-order valence-corrected chi connectivity index (χ0v) is 19.7. The zero-order valence-electron chi connectivity index (χ0n) is 18.9. The van der Waals surface area contributed by atoms with Gasteiger partial charge in [0.1, 0.15) is 0 Å². The van der Waals surface area contributed by atoms with E-state index < -0.39 is 10.0 Å². The van der Waals surface area contributed by atoms with Crippen molar-refractivity contribution in [2.75, 3.05) is 12.3 Å². The topological polar surface area (TPSA) is 177 Å². The molecule has 0 aliphatic rings. The molecular weight excluding hydrogens is 480 g/mol. The second-order valence-electron chi connectivity index (χ2n) is 8.30. The number of nitrogen functional groups attached to an aromatic ring is 1. The van der Waals surface area contributed by atoms with E-state index in [-0.39, 0.29) is 22.1 Å². The summed E-state index contributed by atoms with van der Waals surface area (Å²) < 4.78 is 22.7. The van der Waals surface area contributed by atoms with Gasteiger partial charge in [-0.3, -0.25) is 9.59 Å². The van der Waals surface area contributed by atoms with Crippen molar-refractivity contribution in [1.82, 2.24) is 20.3 Å². The van der Waals surface area contributed by atoms with Gasteiger partial charge < -0.3 is 21.0 Å². The van der Waals surface area contributed by atoms with Gasteiger partial charge in [0.2, 0.25) is 10.0 Å². The summed E-state index contributed by atoms with van der Waals surface area (Å²) in [5.74, 6) is -0.290. The summed E-state index contributed by atoms with van der Waals surface area (Å²) in [4.78, 5) is 35.8. The van der Waals surface area contributed by atoms with E-state index in [1.165, 1.54) is 12.1 Å². The Morgan fingerprint density at radius 1 is 0.972 bits per heavy atom. The molecule has 0 atom stereocenters. The number of primary sulfonamides is 1. The Kier molecular flexibility index (Phi) is 5.78. The largest absolute Gasteiger partial charge is 0.396 e. The van der Waals surface area contributed by atoms with E-state index in [4.69, 9.17) is 10.9 Å². The van der Waals surface area contributed by atoms with Crippen molar-refractivity contribution in [3.8, 4) is 11.4 Å². The van der Waals surface area contributed by atoms with Gasteiger partial charge >= 0.3 is 0 Å². The highest BCUT2D eigenvalue weighted by Gasteiger charge is 2.17. The number of anilines is 1. The molecule has 10 nitrogen and oxygen atoms in total. The van der Waals surface area contributed by atoms with Crippen molar-refractivity contribution in [1.29, 1.82) is 0 Å². The van der Waals surface area contributed by atoms with Gasteiger partial charge in [0.05, 0.1) is 27.3 Å². The van der Waals surface area contributed by atoms with E-state index in [1.807, 2.05) is 12.1 Å². The van der Waals surface area contributed by atoms with Crippen LogP contribution < -0.4 is 21.7 Å². The third kappa shape index (κ3) is 4.44. The Morgan fingerprint density at radius 3 is 2.47 bits per heavy atom. The number of nitrogens with two attached hydrogens (primary N) is 2. The van der Waals surface area contributed by atoms with E-state index in [1.54, 1.807) is 42.5 Å². The van der Waals surface area contributed by atoms with Gasteiger partial charge in [-0.05, 0) is 54.4 Å². The molecule has 0 bridgehead atoms. The van der Waals surface area contributed by atoms with Gasteiger partial charge in [0.15, 0.2) is 5.69 Å². The number of nitrogens with one attached hydrogen (secondary N) is 3. The molecule has 0 saturated heterocycles. The number of aromatic nitrogens is 3. The molecule has 0 unspecified atom stereocenters. The van der Waals surface area contributed by atoms with Crippen molar-refractivity contribution < 1.29 is 13.2 Å². The van der Waals surface area contributed by atoms with Crippen molar-refractivity contribution in [2.24, 2.45) is 5.14 Å². The molecule has 0 spiro atoms. The van der Waals surface area contributed by atoms with Crippen LogP contribution in [0.5, 0.6) is 0 Å². The number of rotatable bonds is 6. The molecule has 0 saturated carbocycles. The molecule has 5 aromatic rings. The number of fused-ring (bicyclic) bond motifs is 2. The summed E-state index contributed by atoms with van der Waals surface area (Å²) in [5.41, 5.74) is 10.1. The SMILES string of the molecule is Nc1c(-c2nc3ccccc3[nH]c2=O)[nH]c2ccc(C(=O)NCCc3ccc(S(N)(=O)=O)cc3)cc12. The summed E-state index contributed by atoms with van der Waals surface area (Å²) in [6.07, 6.45) is 0.506. The van der Waals surface area contributed by atoms with Crippen LogP contribution in [-0.4, -0.2) is 35.8 Å². The van der Waals surface area contributed by atoms with Gasteiger partial charge in [-0.2, -0.15) is 0 Å². The van der Waals surface area contributed by atoms with Crippen LogP contribution in [0.15, 0.2) is 76.4 Å². The molecule has 3 aromatic carbocycles. The first-order chi connectivity index (χ1) is 17.2. The normalized spacial score (nSPS) is 11.7. The minimum absolute atomic E-state index is 0.0351. The van der Waals surface area contributed by atoms with Gasteiger partial charge in [0, 0.05) is 23.0 Å². The number of aromatic amines is 2.